The van der Waals surface area contributed by atoms with E-state index in [0.29, 0.717) is 0 Å². The summed E-state index contributed by atoms with van der Waals surface area (Å²) in [5.74, 6) is -1.45. The van der Waals surface area contributed by atoms with E-state index in [2.05, 4.69) is 10.1 Å². The van der Waals surface area contributed by atoms with Crippen molar-refractivity contribution in [3.8, 4) is 11.5 Å². The topological polar surface area (TPSA) is 64.9 Å². The Kier molecular flexibility index (Phi) is 3.08. The van der Waals surface area contributed by atoms with Crippen LogP contribution < -0.4 is 5.73 Å². The fraction of sp³-hybridized carbons (Fsp3) is 0.273. The minimum absolute atomic E-state index is 0.142. The number of nitrogens with zero attached hydrogens (tertiary/aromatic N) is 2. The molecule has 2 N–H and O–H groups in total. The van der Waals surface area contributed by atoms with Crippen LogP contribution >= 0.6 is 11.6 Å². The summed E-state index contributed by atoms with van der Waals surface area (Å²) >= 11 is 5.45. The van der Waals surface area contributed by atoms with E-state index in [9.17, 15) is 8.78 Å². The molecule has 1 heterocycles. The van der Waals surface area contributed by atoms with Crippen molar-refractivity contribution < 1.29 is 13.3 Å². The molecule has 0 unspecified atom stereocenters. The zero-order valence-corrected chi connectivity index (χ0v) is 10.4. The molecule has 1 aromatic carbocycles. The maximum Gasteiger partial charge on any atom is 0.261 e. The number of halogens is 3. The van der Waals surface area contributed by atoms with Gasteiger partial charge in [0.05, 0.1) is 16.1 Å². The molecule has 0 bridgehead atoms. The molecule has 0 saturated heterocycles. The molecule has 0 amide bonds. The van der Waals surface area contributed by atoms with Gasteiger partial charge < -0.3 is 10.3 Å². The highest BCUT2D eigenvalue weighted by Gasteiger charge is 2.23. The Bertz CT molecular complexity index is 592. The van der Waals surface area contributed by atoms with Gasteiger partial charge in [-0.1, -0.05) is 16.8 Å². The fourth-order valence-electron chi connectivity index (χ4n) is 1.28. The second-order valence-corrected chi connectivity index (χ2v) is 4.80. The van der Waals surface area contributed by atoms with Crippen molar-refractivity contribution in [2.45, 2.75) is 19.4 Å². The second-order valence-electron chi connectivity index (χ2n) is 4.39. The normalized spacial score (nSPS) is 11.9. The van der Waals surface area contributed by atoms with Crippen molar-refractivity contribution in [1.29, 1.82) is 0 Å². The van der Waals surface area contributed by atoms with Crippen LogP contribution in [0.25, 0.3) is 11.5 Å². The van der Waals surface area contributed by atoms with Crippen LogP contribution in [0, 0.1) is 11.6 Å². The summed E-state index contributed by atoms with van der Waals surface area (Å²) < 4.78 is 31.7. The summed E-state index contributed by atoms with van der Waals surface area (Å²) in [6, 6.07) is 1.75. The van der Waals surface area contributed by atoms with Crippen LogP contribution in [0.15, 0.2) is 16.7 Å². The molecule has 0 spiro atoms. The summed E-state index contributed by atoms with van der Waals surface area (Å²) in [6.45, 7) is 3.33. The molecule has 7 heteroatoms. The van der Waals surface area contributed by atoms with Gasteiger partial charge in [-0.3, -0.25) is 0 Å². The summed E-state index contributed by atoms with van der Waals surface area (Å²) in [5.41, 5.74) is 4.78. The molecule has 96 valence electrons. The first kappa shape index (κ1) is 12.9. The Morgan fingerprint density at radius 3 is 2.50 bits per heavy atom. The monoisotopic (exact) mass is 273 g/mol. The molecule has 18 heavy (non-hydrogen) atoms. The number of hydrogen-bond donors (Lipinski definition) is 1. The molecule has 0 fully saturated rings. The lowest BCUT2D eigenvalue weighted by atomic mass is 10.1. The quantitative estimate of drug-likeness (QED) is 0.855. The van der Waals surface area contributed by atoms with E-state index in [1.165, 1.54) is 0 Å². The van der Waals surface area contributed by atoms with Crippen LogP contribution in [-0.4, -0.2) is 10.1 Å². The largest absolute Gasteiger partial charge is 0.334 e. The second kappa shape index (κ2) is 4.29. The van der Waals surface area contributed by atoms with Gasteiger partial charge in [0.25, 0.3) is 5.89 Å². The molecule has 0 aliphatic heterocycles. The van der Waals surface area contributed by atoms with Gasteiger partial charge in [-0.25, -0.2) is 8.78 Å². The summed E-state index contributed by atoms with van der Waals surface area (Å²) in [7, 11) is 0. The zero-order valence-electron chi connectivity index (χ0n) is 9.67. The first-order valence-corrected chi connectivity index (χ1v) is 5.45. The summed E-state index contributed by atoms with van der Waals surface area (Å²) in [6.07, 6.45) is 0. The van der Waals surface area contributed by atoms with Crippen molar-refractivity contribution >= 4 is 11.6 Å². The Labute approximate surface area is 107 Å². The predicted molar refractivity (Wildman–Crippen MR) is 61.9 cm³/mol. The van der Waals surface area contributed by atoms with Crippen LogP contribution in [-0.2, 0) is 5.54 Å². The van der Waals surface area contributed by atoms with E-state index in [0.717, 1.165) is 12.1 Å². The van der Waals surface area contributed by atoms with Gasteiger partial charge >= 0.3 is 0 Å². The molecule has 4 nitrogen and oxygen atoms in total. The molecule has 0 radical (unpaired) electrons. The smallest absolute Gasteiger partial charge is 0.261 e. The molecule has 0 aliphatic carbocycles. The number of benzene rings is 1. The van der Waals surface area contributed by atoms with Crippen LogP contribution in [0.2, 0.25) is 5.02 Å². The average molecular weight is 274 g/mol. The van der Waals surface area contributed by atoms with Crippen LogP contribution in [0.3, 0.4) is 0 Å². The minimum atomic E-state index is -0.830. The Morgan fingerprint density at radius 1 is 1.28 bits per heavy atom. The highest BCUT2D eigenvalue weighted by molar-refractivity contribution is 6.30. The molecule has 2 aromatic rings. The van der Waals surface area contributed by atoms with Crippen molar-refractivity contribution in [1.82, 2.24) is 10.1 Å². The van der Waals surface area contributed by atoms with E-state index in [-0.39, 0.29) is 22.3 Å². The maximum atomic E-state index is 13.6. The molecule has 0 atom stereocenters. The number of hydrogen-bond acceptors (Lipinski definition) is 4. The Balaban J connectivity index is 2.50. The molecule has 0 saturated carbocycles. The van der Waals surface area contributed by atoms with Gasteiger partial charge in [-0.2, -0.15) is 4.98 Å². The first-order valence-electron chi connectivity index (χ1n) is 5.07. The molecule has 2 rings (SSSR count). The maximum absolute atomic E-state index is 13.6. The van der Waals surface area contributed by atoms with Gasteiger partial charge in [-0.15, -0.1) is 0 Å². The van der Waals surface area contributed by atoms with E-state index < -0.39 is 17.2 Å². The van der Waals surface area contributed by atoms with E-state index >= 15 is 0 Å². The van der Waals surface area contributed by atoms with Crippen molar-refractivity contribution in [3.63, 3.8) is 0 Å². The van der Waals surface area contributed by atoms with E-state index in [1.807, 2.05) is 0 Å². The molecular formula is C11H10ClF2N3O. The van der Waals surface area contributed by atoms with Gasteiger partial charge in [0.15, 0.2) is 5.82 Å². The van der Waals surface area contributed by atoms with Crippen molar-refractivity contribution in [2.24, 2.45) is 5.73 Å². The van der Waals surface area contributed by atoms with Crippen LogP contribution in [0.5, 0.6) is 0 Å². The summed E-state index contributed by atoms with van der Waals surface area (Å²) in [5, 5.41) is 3.31. The standard InChI is InChI=1S/C11H10ClF2N3O/c1-11(2,15)10-16-9(18-17-10)5-3-8(14)6(12)4-7(5)13/h3-4H,15H2,1-2H3. The Hall–Kier alpha value is -1.53. The third-order valence-corrected chi connectivity index (χ3v) is 2.53. The van der Waals surface area contributed by atoms with E-state index in [4.69, 9.17) is 21.9 Å². The number of rotatable bonds is 2. The lowest BCUT2D eigenvalue weighted by Crippen LogP contribution is -2.30. The number of aromatic nitrogens is 2. The third kappa shape index (κ3) is 2.34. The third-order valence-electron chi connectivity index (χ3n) is 2.24. The zero-order chi connectivity index (χ0) is 13.5. The lowest BCUT2D eigenvalue weighted by molar-refractivity contribution is 0.395. The minimum Gasteiger partial charge on any atom is -0.334 e. The molecule has 0 aliphatic rings. The van der Waals surface area contributed by atoms with Crippen molar-refractivity contribution in [2.75, 3.05) is 0 Å². The van der Waals surface area contributed by atoms with Crippen LogP contribution in [0.1, 0.15) is 19.7 Å². The lowest BCUT2D eigenvalue weighted by Gasteiger charge is -2.11. The predicted octanol–water partition coefficient (Wildman–Crippen LogP) is 2.86. The SMILES string of the molecule is CC(C)(N)c1noc(-c2cc(F)c(Cl)cc2F)n1. The van der Waals surface area contributed by atoms with Crippen molar-refractivity contribution in [3.05, 3.63) is 34.6 Å². The van der Waals surface area contributed by atoms with E-state index in [1.54, 1.807) is 13.8 Å². The van der Waals surface area contributed by atoms with Gasteiger partial charge in [0.1, 0.15) is 11.6 Å². The van der Waals surface area contributed by atoms with Crippen LogP contribution in [0.4, 0.5) is 8.78 Å². The van der Waals surface area contributed by atoms with Gasteiger partial charge in [0.2, 0.25) is 0 Å². The first-order chi connectivity index (χ1) is 8.29. The number of nitrogens with two attached hydrogens (primary N) is 1. The Morgan fingerprint density at radius 2 is 1.94 bits per heavy atom. The summed E-state index contributed by atoms with van der Waals surface area (Å²) in [4.78, 5) is 3.93. The highest BCUT2D eigenvalue weighted by atomic mass is 35.5. The molecular weight excluding hydrogens is 264 g/mol. The average Bonchev–Trinajstić information content (AvgIpc) is 2.72. The fourth-order valence-corrected chi connectivity index (χ4v) is 1.43. The van der Waals surface area contributed by atoms with Gasteiger partial charge in [0, 0.05) is 0 Å². The highest BCUT2D eigenvalue weighted by Crippen LogP contribution is 2.27. The molecule has 1 aromatic heterocycles. The van der Waals surface area contributed by atoms with Gasteiger partial charge in [-0.05, 0) is 26.0 Å².